The fourth-order valence-corrected chi connectivity index (χ4v) is 2.24. The Kier molecular flexibility index (Phi) is 4.18. The Bertz CT molecular complexity index is 507. The van der Waals surface area contributed by atoms with E-state index in [9.17, 15) is 14.9 Å². The molecule has 0 atom stereocenters. The number of ether oxygens (including phenoxy) is 1. The maximum absolute atomic E-state index is 11.0. The van der Waals surface area contributed by atoms with Gasteiger partial charge in [-0.15, -0.1) is 5.10 Å². The van der Waals surface area contributed by atoms with Gasteiger partial charge in [-0.2, -0.15) is 0 Å². The predicted molar refractivity (Wildman–Crippen MR) is 68.7 cm³/mol. The fourth-order valence-electron chi connectivity index (χ4n) is 2.24. The van der Waals surface area contributed by atoms with Crippen LogP contribution in [0.2, 0.25) is 0 Å². The molecule has 0 aliphatic carbocycles. The molecular formula is C11H16N4O5. The molecule has 1 aliphatic heterocycles. The Labute approximate surface area is 114 Å². The summed E-state index contributed by atoms with van der Waals surface area (Å²) in [6, 6.07) is 0. The third kappa shape index (κ3) is 3.23. The first kappa shape index (κ1) is 14.3. The van der Waals surface area contributed by atoms with Crippen molar-refractivity contribution < 1.29 is 19.6 Å². The third-order valence-electron chi connectivity index (χ3n) is 3.17. The standard InChI is InChI=1S/C11H16N4O5/c1-13-6-9(15(18)19)11(12-13)14-4-2-8(3-5-14)20-7-10(16)17/h6,8H,2-5,7H2,1H3,(H,16,17). The van der Waals surface area contributed by atoms with Crippen molar-refractivity contribution in [2.45, 2.75) is 18.9 Å². The van der Waals surface area contributed by atoms with E-state index in [2.05, 4.69) is 5.10 Å². The zero-order valence-corrected chi connectivity index (χ0v) is 11.1. The number of aryl methyl sites for hydroxylation is 1. The van der Waals surface area contributed by atoms with E-state index in [1.165, 1.54) is 10.9 Å². The first-order valence-corrected chi connectivity index (χ1v) is 6.23. The van der Waals surface area contributed by atoms with Crippen LogP contribution in [-0.2, 0) is 16.6 Å². The first-order chi connectivity index (χ1) is 9.47. The molecule has 110 valence electrons. The molecule has 0 unspecified atom stereocenters. The lowest BCUT2D eigenvalue weighted by atomic mass is 10.1. The van der Waals surface area contributed by atoms with Crippen LogP contribution in [0.1, 0.15) is 12.8 Å². The Balaban J connectivity index is 1.97. The number of carbonyl (C=O) groups is 1. The Hall–Kier alpha value is -2.16. The second kappa shape index (κ2) is 5.87. The SMILES string of the molecule is Cn1cc([N+](=O)[O-])c(N2CCC(OCC(=O)O)CC2)n1. The fraction of sp³-hybridized carbons (Fsp3) is 0.636. The predicted octanol–water partition coefficient (Wildman–Crippen LogP) is 0.398. The lowest BCUT2D eigenvalue weighted by Crippen LogP contribution is -2.38. The van der Waals surface area contributed by atoms with E-state index in [0.717, 1.165) is 0 Å². The molecule has 1 aromatic rings. The number of anilines is 1. The summed E-state index contributed by atoms with van der Waals surface area (Å²) in [6.07, 6.45) is 2.51. The number of nitrogens with zero attached hydrogens (tertiary/aromatic N) is 4. The van der Waals surface area contributed by atoms with Crippen molar-refractivity contribution in [1.82, 2.24) is 9.78 Å². The number of nitro groups is 1. The summed E-state index contributed by atoms with van der Waals surface area (Å²) in [6.45, 7) is 0.804. The highest BCUT2D eigenvalue weighted by atomic mass is 16.6. The van der Waals surface area contributed by atoms with Gasteiger partial charge in [-0.05, 0) is 12.8 Å². The average molecular weight is 284 g/mol. The van der Waals surface area contributed by atoms with Gasteiger partial charge in [0.1, 0.15) is 12.8 Å². The van der Waals surface area contributed by atoms with Gasteiger partial charge < -0.3 is 14.7 Å². The molecule has 0 amide bonds. The summed E-state index contributed by atoms with van der Waals surface area (Å²) in [5.41, 5.74) is -0.0163. The van der Waals surface area contributed by atoms with Crippen LogP contribution in [0.25, 0.3) is 0 Å². The molecule has 0 aromatic carbocycles. The maximum atomic E-state index is 11.0. The van der Waals surface area contributed by atoms with Crippen molar-refractivity contribution in [3.05, 3.63) is 16.3 Å². The van der Waals surface area contributed by atoms with E-state index in [0.29, 0.717) is 31.7 Å². The molecule has 20 heavy (non-hydrogen) atoms. The molecular weight excluding hydrogens is 268 g/mol. The van der Waals surface area contributed by atoms with Crippen molar-refractivity contribution in [1.29, 1.82) is 0 Å². The minimum Gasteiger partial charge on any atom is -0.480 e. The van der Waals surface area contributed by atoms with Crippen LogP contribution in [-0.4, -0.2) is 51.6 Å². The molecule has 1 aliphatic rings. The van der Waals surface area contributed by atoms with Gasteiger partial charge in [0.25, 0.3) is 0 Å². The van der Waals surface area contributed by atoms with Gasteiger partial charge in [-0.3, -0.25) is 14.8 Å². The number of carboxylic acid groups (broad SMARTS) is 1. The van der Waals surface area contributed by atoms with Crippen LogP contribution < -0.4 is 4.90 Å². The Morgan fingerprint density at radius 2 is 2.25 bits per heavy atom. The van der Waals surface area contributed by atoms with E-state index < -0.39 is 10.9 Å². The molecule has 0 radical (unpaired) electrons. The largest absolute Gasteiger partial charge is 0.480 e. The van der Waals surface area contributed by atoms with Gasteiger partial charge in [-0.1, -0.05) is 0 Å². The molecule has 2 heterocycles. The highest BCUT2D eigenvalue weighted by molar-refractivity contribution is 5.68. The monoisotopic (exact) mass is 284 g/mol. The van der Waals surface area contributed by atoms with Gasteiger partial charge >= 0.3 is 11.7 Å². The van der Waals surface area contributed by atoms with Gasteiger partial charge in [0.05, 0.1) is 11.0 Å². The molecule has 1 aromatic heterocycles. The van der Waals surface area contributed by atoms with E-state index in [-0.39, 0.29) is 18.4 Å². The normalized spacial score (nSPS) is 16.4. The molecule has 2 rings (SSSR count). The zero-order valence-electron chi connectivity index (χ0n) is 11.1. The molecule has 9 heteroatoms. The summed E-state index contributed by atoms with van der Waals surface area (Å²) in [7, 11) is 1.64. The number of piperidine rings is 1. The second-order valence-corrected chi connectivity index (χ2v) is 4.66. The minimum absolute atomic E-state index is 0.0163. The summed E-state index contributed by atoms with van der Waals surface area (Å²) in [5.74, 6) is -0.637. The molecule has 0 spiro atoms. The first-order valence-electron chi connectivity index (χ1n) is 6.23. The van der Waals surface area contributed by atoms with Crippen molar-refractivity contribution in [3.8, 4) is 0 Å². The van der Waals surface area contributed by atoms with Crippen molar-refractivity contribution in [2.75, 3.05) is 24.6 Å². The Morgan fingerprint density at radius 3 is 2.80 bits per heavy atom. The topological polar surface area (TPSA) is 111 Å². The quantitative estimate of drug-likeness (QED) is 0.615. The number of rotatable bonds is 5. The van der Waals surface area contributed by atoms with Crippen molar-refractivity contribution >= 4 is 17.5 Å². The number of carboxylic acids is 1. The van der Waals surface area contributed by atoms with E-state index in [1.54, 1.807) is 7.05 Å². The number of hydrogen-bond acceptors (Lipinski definition) is 6. The summed E-state index contributed by atoms with van der Waals surface area (Å²) in [5, 5.41) is 23.6. The molecule has 9 nitrogen and oxygen atoms in total. The average Bonchev–Trinajstić information content (AvgIpc) is 2.79. The van der Waals surface area contributed by atoms with Crippen LogP contribution in [0.4, 0.5) is 11.5 Å². The maximum Gasteiger partial charge on any atom is 0.330 e. The molecule has 1 fully saturated rings. The van der Waals surface area contributed by atoms with E-state index in [1.807, 2.05) is 4.90 Å². The van der Waals surface area contributed by atoms with Gasteiger partial charge in [-0.25, -0.2) is 4.79 Å². The number of aliphatic carboxylic acids is 1. The van der Waals surface area contributed by atoms with Gasteiger partial charge in [0, 0.05) is 20.1 Å². The van der Waals surface area contributed by atoms with Crippen LogP contribution in [0.15, 0.2) is 6.20 Å². The molecule has 0 bridgehead atoms. The van der Waals surface area contributed by atoms with Crippen molar-refractivity contribution in [3.63, 3.8) is 0 Å². The highest BCUT2D eigenvalue weighted by Crippen LogP contribution is 2.28. The van der Waals surface area contributed by atoms with E-state index in [4.69, 9.17) is 9.84 Å². The minimum atomic E-state index is -0.993. The van der Waals surface area contributed by atoms with Crippen LogP contribution in [0.3, 0.4) is 0 Å². The molecule has 1 N–H and O–H groups in total. The molecule has 0 saturated carbocycles. The number of aromatic nitrogens is 2. The van der Waals surface area contributed by atoms with Crippen LogP contribution in [0.5, 0.6) is 0 Å². The Morgan fingerprint density at radius 1 is 1.60 bits per heavy atom. The second-order valence-electron chi connectivity index (χ2n) is 4.66. The molecule has 1 saturated heterocycles. The van der Waals surface area contributed by atoms with Crippen LogP contribution in [0, 0.1) is 10.1 Å². The highest BCUT2D eigenvalue weighted by Gasteiger charge is 2.28. The van der Waals surface area contributed by atoms with Gasteiger partial charge in [0.15, 0.2) is 0 Å². The van der Waals surface area contributed by atoms with Gasteiger partial charge in [0.2, 0.25) is 5.82 Å². The summed E-state index contributed by atoms with van der Waals surface area (Å²) >= 11 is 0. The zero-order chi connectivity index (χ0) is 14.7. The lowest BCUT2D eigenvalue weighted by molar-refractivity contribution is -0.384. The van der Waals surface area contributed by atoms with Crippen LogP contribution >= 0.6 is 0 Å². The van der Waals surface area contributed by atoms with E-state index >= 15 is 0 Å². The third-order valence-corrected chi connectivity index (χ3v) is 3.17. The summed E-state index contributed by atoms with van der Waals surface area (Å²) < 4.78 is 6.64. The summed E-state index contributed by atoms with van der Waals surface area (Å²) in [4.78, 5) is 22.8. The number of hydrogen-bond donors (Lipinski definition) is 1. The lowest BCUT2D eigenvalue weighted by Gasteiger charge is -2.31. The smallest absolute Gasteiger partial charge is 0.330 e. The van der Waals surface area contributed by atoms with Crippen molar-refractivity contribution in [2.24, 2.45) is 7.05 Å².